The molecule has 2 atom stereocenters. The molecule has 2 unspecified atom stereocenters. The van der Waals surface area contributed by atoms with Crippen LogP contribution in [0.1, 0.15) is 38.7 Å². The highest BCUT2D eigenvalue weighted by Crippen LogP contribution is 2.33. The minimum Gasteiger partial charge on any atom is -0.319 e. The third-order valence-corrected chi connectivity index (χ3v) is 7.28. The number of nitrogens with zero attached hydrogens (tertiary/aromatic N) is 2. The van der Waals surface area contributed by atoms with Gasteiger partial charge in [-0.2, -0.15) is 0 Å². The lowest BCUT2D eigenvalue weighted by atomic mass is 9.87. The summed E-state index contributed by atoms with van der Waals surface area (Å²) in [6, 6.07) is 8.69. The van der Waals surface area contributed by atoms with Gasteiger partial charge in [-0.15, -0.1) is 0 Å². The van der Waals surface area contributed by atoms with E-state index in [4.69, 9.17) is 0 Å². The third kappa shape index (κ3) is 3.73. The van der Waals surface area contributed by atoms with Crippen LogP contribution in [0.3, 0.4) is 0 Å². The molecule has 2 aliphatic rings. The maximum atomic E-state index is 13.2. The van der Waals surface area contributed by atoms with Gasteiger partial charge in [0.2, 0.25) is 0 Å². The SMILES string of the molecule is CCCN(CN1C(=O)NC(CC)(c2ccccc2)C1=O)C1CCS(=O)(=O)C1. The summed E-state index contributed by atoms with van der Waals surface area (Å²) >= 11 is 0. The highest BCUT2D eigenvalue weighted by Gasteiger charge is 2.51. The molecule has 0 bridgehead atoms. The van der Waals surface area contributed by atoms with Crippen molar-refractivity contribution in [3.8, 4) is 0 Å². The number of benzene rings is 1. The van der Waals surface area contributed by atoms with Gasteiger partial charge in [-0.3, -0.25) is 9.69 Å². The molecule has 8 heteroatoms. The molecular weight excluding hydrogens is 366 g/mol. The molecule has 2 saturated heterocycles. The standard InChI is InChI=1S/C19H27N3O4S/c1-3-11-21(16-10-12-27(25,26)13-16)14-22-17(23)19(4-2,20-18(22)24)15-8-6-5-7-9-15/h5-9,16H,3-4,10-14H2,1-2H3,(H,20,24). The van der Waals surface area contributed by atoms with E-state index in [-0.39, 0.29) is 30.1 Å². The Balaban J connectivity index is 1.83. The number of nitrogens with one attached hydrogen (secondary N) is 1. The molecular formula is C19H27N3O4S. The zero-order valence-electron chi connectivity index (χ0n) is 15.8. The lowest BCUT2D eigenvalue weighted by Crippen LogP contribution is -2.48. The topological polar surface area (TPSA) is 86.8 Å². The third-order valence-electron chi connectivity index (χ3n) is 5.53. The second-order valence-electron chi connectivity index (χ2n) is 7.30. The van der Waals surface area contributed by atoms with Crippen molar-refractivity contribution >= 4 is 21.8 Å². The first-order valence-corrected chi connectivity index (χ1v) is 11.3. The predicted octanol–water partition coefficient (Wildman–Crippen LogP) is 1.70. The summed E-state index contributed by atoms with van der Waals surface area (Å²) < 4.78 is 23.7. The Labute approximate surface area is 160 Å². The van der Waals surface area contributed by atoms with Gasteiger partial charge in [-0.25, -0.2) is 18.1 Å². The molecule has 0 radical (unpaired) electrons. The molecule has 2 heterocycles. The summed E-state index contributed by atoms with van der Waals surface area (Å²) in [7, 11) is -3.04. The number of carbonyl (C=O) groups excluding carboxylic acids is 2. The number of urea groups is 1. The maximum Gasteiger partial charge on any atom is 0.326 e. The number of amides is 3. The van der Waals surface area contributed by atoms with E-state index in [0.29, 0.717) is 19.4 Å². The monoisotopic (exact) mass is 393 g/mol. The molecule has 7 nitrogen and oxygen atoms in total. The number of hydrogen-bond donors (Lipinski definition) is 1. The van der Waals surface area contributed by atoms with Gasteiger partial charge in [-0.05, 0) is 31.4 Å². The van der Waals surface area contributed by atoms with E-state index in [1.54, 1.807) is 0 Å². The van der Waals surface area contributed by atoms with Crippen LogP contribution in [0.5, 0.6) is 0 Å². The van der Waals surface area contributed by atoms with E-state index < -0.39 is 21.4 Å². The van der Waals surface area contributed by atoms with E-state index >= 15 is 0 Å². The van der Waals surface area contributed by atoms with Crippen LogP contribution < -0.4 is 5.32 Å². The van der Waals surface area contributed by atoms with Crippen molar-refractivity contribution in [1.82, 2.24) is 15.1 Å². The van der Waals surface area contributed by atoms with Gasteiger partial charge in [0.25, 0.3) is 5.91 Å². The average molecular weight is 394 g/mol. The Hall–Kier alpha value is -1.93. The minimum atomic E-state index is -3.04. The van der Waals surface area contributed by atoms with Gasteiger partial charge < -0.3 is 5.32 Å². The van der Waals surface area contributed by atoms with Crippen molar-refractivity contribution in [2.24, 2.45) is 0 Å². The molecule has 3 rings (SSSR count). The van der Waals surface area contributed by atoms with E-state index in [1.165, 1.54) is 4.90 Å². The Morgan fingerprint density at radius 1 is 1.22 bits per heavy atom. The fourth-order valence-corrected chi connectivity index (χ4v) is 5.78. The van der Waals surface area contributed by atoms with Crippen molar-refractivity contribution in [3.63, 3.8) is 0 Å². The predicted molar refractivity (Wildman–Crippen MR) is 103 cm³/mol. The van der Waals surface area contributed by atoms with Gasteiger partial charge in [0.1, 0.15) is 5.54 Å². The fourth-order valence-electron chi connectivity index (χ4n) is 4.02. The number of sulfone groups is 1. The second-order valence-corrected chi connectivity index (χ2v) is 9.53. The van der Waals surface area contributed by atoms with Crippen LogP contribution in [0.2, 0.25) is 0 Å². The largest absolute Gasteiger partial charge is 0.326 e. The van der Waals surface area contributed by atoms with E-state index in [2.05, 4.69) is 5.32 Å². The van der Waals surface area contributed by atoms with Crippen molar-refractivity contribution in [1.29, 1.82) is 0 Å². The Morgan fingerprint density at radius 3 is 2.48 bits per heavy atom. The quantitative estimate of drug-likeness (QED) is 0.713. The van der Waals surface area contributed by atoms with Crippen molar-refractivity contribution < 1.29 is 18.0 Å². The van der Waals surface area contributed by atoms with Crippen LogP contribution in [0.25, 0.3) is 0 Å². The lowest BCUT2D eigenvalue weighted by Gasteiger charge is -2.31. The van der Waals surface area contributed by atoms with Gasteiger partial charge >= 0.3 is 6.03 Å². The van der Waals surface area contributed by atoms with E-state index in [9.17, 15) is 18.0 Å². The fraction of sp³-hybridized carbons (Fsp3) is 0.579. The second kappa shape index (κ2) is 7.59. The van der Waals surface area contributed by atoms with E-state index in [1.807, 2.05) is 49.1 Å². The normalized spacial score (nSPS) is 27.4. The highest BCUT2D eigenvalue weighted by molar-refractivity contribution is 7.91. The molecule has 1 aromatic rings. The van der Waals surface area contributed by atoms with Crippen molar-refractivity contribution in [2.45, 2.75) is 44.7 Å². The molecule has 0 spiro atoms. The highest BCUT2D eigenvalue weighted by atomic mass is 32.2. The average Bonchev–Trinajstić information content (AvgIpc) is 3.13. The first-order chi connectivity index (χ1) is 12.8. The van der Waals surface area contributed by atoms with Gasteiger partial charge in [0.15, 0.2) is 9.84 Å². The summed E-state index contributed by atoms with van der Waals surface area (Å²) in [5, 5.41) is 2.88. The zero-order valence-corrected chi connectivity index (χ0v) is 16.7. The number of imide groups is 1. The summed E-state index contributed by atoms with van der Waals surface area (Å²) in [4.78, 5) is 29.1. The summed E-state index contributed by atoms with van der Waals surface area (Å²) in [6.45, 7) is 4.64. The molecule has 2 aliphatic heterocycles. The molecule has 0 saturated carbocycles. The van der Waals surface area contributed by atoms with Crippen LogP contribution in [-0.2, 0) is 20.2 Å². The first-order valence-electron chi connectivity index (χ1n) is 9.47. The molecule has 2 fully saturated rings. The van der Waals surface area contributed by atoms with Crippen LogP contribution in [0.4, 0.5) is 4.79 Å². The zero-order chi connectivity index (χ0) is 19.7. The molecule has 0 aromatic heterocycles. The van der Waals surface area contributed by atoms with Gasteiger partial charge in [0.05, 0.1) is 18.2 Å². The molecule has 1 aromatic carbocycles. The summed E-state index contributed by atoms with van der Waals surface area (Å²) in [6.07, 6.45) is 1.81. The molecule has 1 N–H and O–H groups in total. The molecule has 148 valence electrons. The number of rotatable bonds is 7. The van der Waals surface area contributed by atoms with E-state index in [0.717, 1.165) is 12.0 Å². The van der Waals surface area contributed by atoms with Crippen molar-refractivity contribution in [3.05, 3.63) is 35.9 Å². The molecule has 27 heavy (non-hydrogen) atoms. The number of carbonyl (C=O) groups is 2. The minimum absolute atomic E-state index is 0.0915. The summed E-state index contributed by atoms with van der Waals surface area (Å²) in [5.41, 5.74) is -0.295. The van der Waals surface area contributed by atoms with Gasteiger partial charge in [-0.1, -0.05) is 44.2 Å². The summed E-state index contributed by atoms with van der Waals surface area (Å²) in [5.74, 6) is -0.0157. The smallest absolute Gasteiger partial charge is 0.319 e. The first kappa shape index (κ1) is 19.8. The Kier molecular flexibility index (Phi) is 5.58. The lowest BCUT2D eigenvalue weighted by molar-refractivity contribution is -0.133. The Bertz CT molecular complexity index is 812. The van der Waals surface area contributed by atoms with Gasteiger partial charge in [0, 0.05) is 6.04 Å². The Morgan fingerprint density at radius 2 is 1.93 bits per heavy atom. The van der Waals surface area contributed by atoms with Crippen molar-refractivity contribution in [2.75, 3.05) is 24.7 Å². The molecule has 0 aliphatic carbocycles. The van der Waals surface area contributed by atoms with Crippen LogP contribution >= 0.6 is 0 Å². The van der Waals surface area contributed by atoms with Crippen LogP contribution in [0, 0.1) is 0 Å². The maximum absolute atomic E-state index is 13.2. The number of hydrogen-bond acceptors (Lipinski definition) is 5. The molecule has 3 amide bonds. The van der Waals surface area contributed by atoms with Crippen LogP contribution in [-0.4, -0.2) is 60.9 Å². The van der Waals surface area contributed by atoms with Crippen LogP contribution in [0.15, 0.2) is 30.3 Å².